The van der Waals surface area contributed by atoms with Crippen molar-refractivity contribution in [1.29, 1.82) is 0 Å². The maximum atomic E-state index is 12.1. The topological polar surface area (TPSA) is 92.5 Å². The second kappa shape index (κ2) is 6.97. The number of carboxylic acid groups (broad SMARTS) is 1. The minimum Gasteiger partial charge on any atom is -0.478 e. The molecule has 1 atom stereocenters. The molecule has 1 aliphatic heterocycles. The lowest BCUT2D eigenvalue weighted by Crippen LogP contribution is -2.42. The van der Waals surface area contributed by atoms with E-state index >= 15 is 0 Å². The van der Waals surface area contributed by atoms with E-state index in [0.29, 0.717) is 13.1 Å². The number of benzene rings is 1. The van der Waals surface area contributed by atoms with Crippen LogP contribution in [0.4, 0.5) is 0 Å². The highest BCUT2D eigenvalue weighted by Gasteiger charge is 2.33. The number of hydrogen-bond donors (Lipinski definition) is 1. The Morgan fingerprint density at radius 3 is 2.64 bits per heavy atom. The lowest BCUT2D eigenvalue weighted by molar-refractivity contribution is 0.0697. The van der Waals surface area contributed by atoms with Crippen molar-refractivity contribution in [1.82, 2.24) is 14.7 Å². The molecule has 25 heavy (non-hydrogen) atoms. The van der Waals surface area contributed by atoms with E-state index in [-0.39, 0.29) is 23.1 Å². The molecule has 0 amide bonds. The summed E-state index contributed by atoms with van der Waals surface area (Å²) in [6.07, 6.45) is 3.63. The van der Waals surface area contributed by atoms with Crippen molar-refractivity contribution in [2.75, 3.05) is 18.1 Å². The monoisotopic (exact) mass is 363 g/mol. The fraction of sp³-hybridized carbons (Fsp3) is 0.412. The van der Waals surface area contributed by atoms with E-state index in [1.807, 2.05) is 13.1 Å². The van der Waals surface area contributed by atoms with Gasteiger partial charge in [-0.2, -0.15) is 5.10 Å². The predicted molar refractivity (Wildman–Crippen MR) is 93.1 cm³/mol. The van der Waals surface area contributed by atoms with Crippen LogP contribution in [0.5, 0.6) is 0 Å². The molecular weight excluding hydrogens is 342 g/mol. The molecule has 1 fully saturated rings. The maximum absolute atomic E-state index is 12.1. The molecule has 0 aliphatic carbocycles. The van der Waals surface area contributed by atoms with Crippen LogP contribution in [-0.4, -0.2) is 52.2 Å². The quantitative estimate of drug-likeness (QED) is 0.867. The van der Waals surface area contributed by atoms with Crippen molar-refractivity contribution in [3.63, 3.8) is 0 Å². The number of aryl methyl sites for hydroxylation is 1. The van der Waals surface area contributed by atoms with E-state index < -0.39 is 15.8 Å². The Kier molecular flexibility index (Phi) is 4.91. The van der Waals surface area contributed by atoms with E-state index in [9.17, 15) is 13.2 Å². The van der Waals surface area contributed by atoms with E-state index in [0.717, 1.165) is 17.7 Å². The van der Waals surface area contributed by atoms with Gasteiger partial charge in [-0.15, -0.1) is 0 Å². The first-order valence-corrected chi connectivity index (χ1v) is 9.99. The third-order valence-corrected chi connectivity index (χ3v) is 6.12. The van der Waals surface area contributed by atoms with Gasteiger partial charge in [0.1, 0.15) is 0 Å². The summed E-state index contributed by atoms with van der Waals surface area (Å²) in [5.41, 5.74) is 2.09. The van der Waals surface area contributed by atoms with Crippen LogP contribution in [0.3, 0.4) is 0 Å². The molecule has 134 valence electrons. The zero-order valence-corrected chi connectivity index (χ0v) is 14.8. The van der Waals surface area contributed by atoms with Gasteiger partial charge in [0.05, 0.1) is 29.3 Å². The standard InChI is InChI=1S/C17H21N3O4S/c1-2-20-11-15(9-18-20)16-12-25(23,24)8-7-19(16)10-13-3-5-14(6-4-13)17(21)22/h3-6,9,11,16H,2,7-8,10,12H2,1H3,(H,21,22). The third kappa shape index (κ3) is 4.08. The summed E-state index contributed by atoms with van der Waals surface area (Å²) in [6, 6.07) is 6.46. The first kappa shape index (κ1) is 17.6. The van der Waals surface area contributed by atoms with E-state index in [4.69, 9.17) is 5.11 Å². The molecule has 1 unspecified atom stereocenters. The zero-order valence-electron chi connectivity index (χ0n) is 14.0. The number of aromatic nitrogens is 2. The summed E-state index contributed by atoms with van der Waals surface area (Å²) in [5.74, 6) is -0.741. The smallest absolute Gasteiger partial charge is 0.335 e. The summed E-state index contributed by atoms with van der Waals surface area (Å²) < 4.78 is 26.0. The first-order chi connectivity index (χ1) is 11.9. The minimum atomic E-state index is -3.08. The third-order valence-electron chi connectivity index (χ3n) is 4.49. The van der Waals surface area contributed by atoms with E-state index in [2.05, 4.69) is 10.00 Å². The van der Waals surface area contributed by atoms with Gasteiger partial charge in [0.2, 0.25) is 0 Å². The van der Waals surface area contributed by atoms with Crippen LogP contribution < -0.4 is 0 Å². The van der Waals surface area contributed by atoms with E-state index in [1.54, 1.807) is 35.1 Å². The van der Waals surface area contributed by atoms with Crippen LogP contribution in [0.25, 0.3) is 0 Å². The van der Waals surface area contributed by atoms with Gasteiger partial charge in [-0.05, 0) is 24.6 Å². The molecule has 0 radical (unpaired) electrons. The van der Waals surface area contributed by atoms with Crippen molar-refractivity contribution < 1.29 is 18.3 Å². The number of carbonyl (C=O) groups is 1. The highest BCUT2D eigenvalue weighted by atomic mass is 32.2. The zero-order chi connectivity index (χ0) is 18.0. The fourth-order valence-electron chi connectivity index (χ4n) is 3.05. The van der Waals surface area contributed by atoms with Gasteiger partial charge in [-0.3, -0.25) is 9.58 Å². The molecule has 2 aromatic rings. The lowest BCUT2D eigenvalue weighted by atomic mass is 10.1. The molecule has 1 aliphatic rings. The second-order valence-electron chi connectivity index (χ2n) is 6.23. The highest BCUT2D eigenvalue weighted by Crippen LogP contribution is 2.28. The molecule has 0 bridgehead atoms. The number of nitrogens with zero attached hydrogens (tertiary/aromatic N) is 3. The number of sulfone groups is 1. The average Bonchev–Trinajstić information content (AvgIpc) is 3.06. The molecule has 1 aromatic heterocycles. The van der Waals surface area contributed by atoms with Crippen LogP contribution in [0.1, 0.15) is 34.5 Å². The molecule has 1 aromatic carbocycles. The summed E-state index contributed by atoms with van der Waals surface area (Å²) in [7, 11) is -3.08. The SMILES string of the molecule is CCn1cc(C2CS(=O)(=O)CCN2Cc2ccc(C(=O)O)cc2)cn1. The molecule has 3 rings (SSSR count). The number of aromatic carboxylic acids is 1. The Bertz CT molecular complexity index is 858. The van der Waals surface area contributed by atoms with Gasteiger partial charge in [0.25, 0.3) is 0 Å². The van der Waals surface area contributed by atoms with E-state index in [1.165, 1.54) is 0 Å². The van der Waals surface area contributed by atoms with Crippen molar-refractivity contribution >= 4 is 15.8 Å². The molecule has 1 N–H and O–H groups in total. The summed E-state index contributed by atoms with van der Waals surface area (Å²) >= 11 is 0. The Morgan fingerprint density at radius 2 is 2.04 bits per heavy atom. The van der Waals surface area contributed by atoms with Gasteiger partial charge in [0.15, 0.2) is 9.84 Å². The maximum Gasteiger partial charge on any atom is 0.335 e. The molecule has 0 spiro atoms. The fourth-order valence-corrected chi connectivity index (χ4v) is 4.61. The number of carboxylic acids is 1. The minimum absolute atomic E-state index is 0.0790. The van der Waals surface area contributed by atoms with Gasteiger partial charge in [-0.1, -0.05) is 12.1 Å². The van der Waals surface area contributed by atoms with Crippen LogP contribution in [0.2, 0.25) is 0 Å². The molecule has 8 heteroatoms. The van der Waals surface area contributed by atoms with Crippen LogP contribution in [0.15, 0.2) is 36.7 Å². The van der Waals surface area contributed by atoms with Crippen molar-refractivity contribution in [3.05, 3.63) is 53.3 Å². The molecule has 0 saturated carbocycles. The lowest BCUT2D eigenvalue weighted by Gasteiger charge is -2.35. The summed E-state index contributed by atoms with van der Waals surface area (Å²) in [4.78, 5) is 13.1. The normalized spacial score (nSPS) is 20.4. The molecular formula is C17H21N3O4S. The van der Waals surface area contributed by atoms with Crippen LogP contribution >= 0.6 is 0 Å². The van der Waals surface area contributed by atoms with Gasteiger partial charge in [-0.25, -0.2) is 13.2 Å². The Hall–Kier alpha value is -2.19. The summed E-state index contributed by atoms with van der Waals surface area (Å²) in [6.45, 7) is 3.73. The van der Waals surface area contributed by atoms with Gasteiger partial charge >= 0.3 is 5.97 Å². The summed E-state index contributed by atoms with van der Waals surface area (Å²) in [5, 5.41) is 13.2. The number of hydrogen-bond acceptors (Lipinski definition) is 5. The molecule has 7 nitrogen and oxygen atoms in total. The van der Waals surface area contributed by atoms with Crippen molar-refractivity contribution in [2.45, 2.75) is 26.1 Å². The van der Waals surface area contributed by atoms with Gasteiger partial charge < -0.3 is 5.11 Å². The van der Waals surface area contributed by atoms with Crippen LogP contribution in [0, 0.1) is 0 Å². The van der Waals surface area contributed by atoms with Gasteiger partial charge in [0, 0.05) is 31.4 Å². The number of rotatable bonds is 5. The Morgan fingerprint density at radius 1 is 1.32 bits per heavy atom. The largest absolute Gasteiger partial charge is 0.478 e. The molecule has 2 heterocycles. The van der Waals surface area contributed by atoms with Crippen LogP contribution in [-0.2, 0) is 22.9 Å². The molecule has 1 saturated heterocycles. The first-order valence-electron chi connectivity index (χ1n) is 8.17. The average molecular weight is 363 g/mol. The Balaban J connectivity index is 1.83. The second-order valence-corrected chi connectivity index (χ2v) is 8.46. The highest BCUT2D eigenvalue weighted by molar-refractivity contribution is 7.91. The van der Waals surface area contributed by atoms with Crippen molar-refractivity contribution in [3.8, 4) is 0 Å². The van der Waals surface area contributed by atoms with Crippen molar-refractivity contribution in [2.24, 2.45) is 0 Å². The Labute approximate surface area is 146 Å². The predicted octanol–water partition coefficient (Wildman–Crippen LogP) is 1.57.